The summed E-state index contributed by atoms with van der Waals surface area (Å²) in [5, 5.41) is 28.4. The average molecular weight is 581 g/mol. The van der Waals surface area contributed by atoms with Gasteiger partial charge in [-0.05, 0) is 30.5 Å². The minimum absolute atomic E-state index is 0.0212. The molecule has 13 nitrogen and oxygen atoms in total. The van der Waals surface area contributed by atoms with E-state index in [-0.39, 0.29) is 25.7 Å². The molecule has 0 radical (unpaired) electrons. The second kappa shape index (κ2) is 14.8. The van der Waals surface area contributed by atoms with Crippen LogP contribution in [0.1, 0.15) is 30.9 Å². The fourth-order valence-electron chi connectivity index (χ4n) is 4.41. The van der Waals surface area contributed by atoms with Gasteiger partial charge in [-0.1, -0.05) is 48.5 Å². The van der Waals surface area contributed by atoms with Crippen molar-refractivity contribution in [1.82, 2.24) is 20.9 Å². The van der Waals surface area contributed by atoms with E-state index >= 15 is 0 Å². The molecule has 13 heteroatoms. The summed E-state index contributed by atoms with van der Waals surface area (Å²) < 4.78 is 0. The van der Waals surface area contributed by atoms with E-state index in [4.69, 9.17) is 11.5 Å². The maximum atomic E-state index is 13.4. The van der Waals surface area contributed by atoms with E-state index in [1.807, 2.05) is 24.3 Å². The zero-order valence-corrected chi connectivity index (χ0v) is 23.1. The third-order valence-electron chi connectivity index (χ3n) is 6.73. The Hall–Kier alpha value is -4.75. The number of nitrogens with one attached hydrogen (secondary N) is 4. The van der Waals surface area contributed by atoms with Crippen LogP contribution in [0, 0.1) is 0 Å². The van der Waals surface area contributed by atoms with Gasteiger partial charge in [0.15, 0.2) is 0 Å². The van der Waals surface area contributed by atoms with Crippen LogP contribution in [0.5, 0.6) is 0 Å². The summed E-state index contributed by atoms with van der Waals surface area (Å²) >= 11 is 0. The molecule has 1 aromatic heterocycles. The average Bonchev–Trinajstić information content (AvgIpc) is 3.36. The van der Waals surface area contributed by atoms with Crippen LogP contribution in [-0.4, -0.2) is 75.1 Å². The van der Waals surface area contributed by atoms with Crippen molar-refractivity contribution >= 4 is 40.5 Å². The van der Waals surface area contributed by atoms with Gasteiger partial charge in [0, 0.05) is 36.4 Å². The maximum absolute atomic E-state index is 13.4. The van der Waals surface area contributed by atoms with Gasteiger partial charge in [0.1, 0.15) is 18.1 Å². The highest BCUT2D eigenvalue weighted by molar-refractivity contribution is 5.95. The zero-order valence-electron chi connectivity index (χ0n) is 23.1. The smallest absolute Gasteiger partial charge is 0.326 e. The van der Waals surface area contributed by atoms with Gasteiger partial charge >= 0.3 is 5.97 Å². The molecular weight excluding hydrogens is 544 g/mol. The zero-order chi connectivity index (χ0) is 30.8. The van der Waals surface area contributed by atoms with Gasteiger partial charge in [-0.25, -0.2) is 4.79 Å². The first-order valence-electron chi connectivity index (χ1n) is 13.4. The maximum Gasteiger partial charge on any atom is 0.326 e. The summed E-state index contributed by atoms with van der Waals surface area (Å²) in [5.74, 6) is -4.38. The van der Waals surface area contributed by atoms with Gasteiger partial charge in [0.25, 0.3) is 0 Å². The predicted octanol–water partition coefficient (Wildman–Crippen LogP) is -0.534. The Morgan fingerprint density at radius 1 is 0.857 bits per heavy atom. The van der Waals surface area contributed by atoms with Crippen molar-refractivity contribution in [2.45, 2.75) is 62.9 Å². The second-order valence-electron chi connectivity index (χ2n) is 10.1. The molecule has 1 heterocycles. The Bertz CT molecular complexity index is 1410. The number of primary amides is 1. The highest BCUT2D eigenvalue weighted by Gasteiger charge is 2.33. The van der Waals surface area contributed by atoms with Crippen molar-refractivity contribution in [1.29, 1.82) is 0 Å². The van der Waals surface area contributed by atoms with E-state index in [9.17, 15) is 34.2 Å². The van der Waals surface area contributed by atoms with Crippen molar-refractivity contribution in [3.63, 3.8) is 0 Å². The van der Waals surface area contributed by atoms with Crippen LogP contribution in [0.2, 0.25) is 0 Å². The van der Waals surface area contributed by atoms with Gasteiger partial charge in [0.05, 0.1) is 12.1 Å². The first-order chi connectivity index (χ1) is 20.0. The van der Waals surface area contributed by atoms with Crippen molar-refractivity contribution in [3.05, 3.63) is 71.9 Å². The van der Waals surface area contributed by atoms with E-state index < -0.39 is 59.9 Å². The number of hydrogen-bond acceptors (Lipinski definition) is 7. The first-order valence-corrected chi connectivity index (χ1v) is 13.4. The van der Waals surface area contributed by atoms with Crippen LogP contribution >= 0.6 is 0 Å². The number of nitrogens with two attached hydrogens (primary N) is 2. The van der Waals surface area contributed by atoms with Crippen LogP contribution in [0.15, 0.2) is 60.8 Å². The number of aliphatic hydroxyl groups excluding tert-OH is 1. The Kier molecular flexibility index (Phi) is 11.2. The number of carboxylic acids is 1. The number of aromatic nitrogens is 1. The summed E-state index contributed by atoms with van der Waals surface area (Å²) in [4.78, 5) is 65.4. The summed E-state index contributed by atoms with van der Waals surface area (Å²) in [6, 6.07) is 10.8. The molecule has 4 amide bonds. The van der Waals surface area contributed by atoms with Gasteiger partial charge in [-0.15, -0.1) is 0 Å². The number of carbonyl (C=O) groups is 5. The van der Waals surface area contributed by atoms with Gasteiger partial charge < -0.3 is 42.6 Å². The molecular formula is C29H36N6O7. The number of carbonyl (C=O) groups excluding carboxylic acids is 4. The third kappa shape index (κ3) is 8.88. The summed E-state index contributed by atoms with van der Waals surface area (Å²) in [6.45, 7) is 1.27. The molecule has 224 valence electrons. The number of benzene rings is 2. The molecule has 0 spiro atoms. The number of rotatable bonds is 15. The molecule has 5 atom stereocenters. The number of para-hydroxylation sites is 1. The number of hydrogen-bond donors (Lipinski definition) is 8. The number of aliphatic hydroxyl groups is 1. The first kappa shape index (κ1) is 31.8. The number of aliphatic carboxylic acids is 1. The second-order valence-corrected chi connectivity index (χ2v) is 10.1. The summed E-state index contributed by atoms with van der Waals surface area (Å²) in [5.41, 5.74) is 13.1. The number of carboxylic acid groups (broad SMARTS) is 1. The Balaban J connectivity index is 1.75. The minimum Gasteiger partial charge on any atom is -0.480 e. The van der Waals surface area contributed by atoms with Crippen molar-refractivity contribution < 1.29 is 34.2 Å². The van der Waals surface area contributed by atoms with E-state index in [0.29, 0.717) is 11.1 Å². The van der Waals surface area contributed by atoms with Crippen LogP contribution in [0.25, 0.3) is 10.9 Å². The summed E-state index contributed by atoms with van der Waals surface area (Å²) in [6.07, 6.45) is 0.0486. The van der Waals surface area contributed by atoms with Crippen LogP contribution in [0.3, 0.4) is 0 Å². The molecule has 42 heavy (non-hydrogen) atoms. The fourth-order valence-corrected chi connectivity index (χ4v) is 4.41. The molecule has 2 aromatic carbocycles. The normalized spacial score (nSPS) is 14.6. The monoisotopic (exact) mass is 580 g/mol. The standard InChI is InChI=1S/C29H36N6O7/c1-16(36)25(28(40)34-23(29(41)42)14-18-15-32-21-10-6-5-9-19(18)21)35-27(39)22(13-17-7-3-2-4-8-17)33-26(38)20(30)11-12-24(31)37/h2-10,15-16,20,22-23,25,32,36H,11-14,30H2,1H3,(H2,31,37)(H,33,38)(H,34,40)(H,35,39)(H,41,42). The van der Waals surface area contributed by atoms with Gasteiger partial charge in [0.2, 0.25) is 23.6 Å². The number of amides is 4. The molecule has 3 rings (SSSR count). The molecule has 0 fully saturated rings. The van der Waals surface area contributed by atoms with Gasteiger partial charge in [-0.2, -0.15) is 0 Å². The molecule has 0 saturated carbocycles. The molecule has 3 aromatic rings. The van der Waals surface area contributed by atoms with E-state index in [1.54, 1.807) is 36.5 Å². The fraction of sp³-hybridized carbons (Fsp3) is 0.345. The lowest BCUT2D eigenvalue weighted by molar-refractivity contribution is -0.143. The SMILES string of the molecule is CC(O)C(NC(=O)C(Cc1ccccc1)NC(=O)C(N)CCC(N)=O)C(=O)NC(Cc1c[nH]c2ccccc12)C(=O)O. The number of H-pyrrole nitrogens is 1. The molecule has 0 aliphatic heterocycles. The number of aromatic amines is 1. The highest BCUT2D eigenvalue weighted by Crippen LogP contribution is 2.19. The minimum atomic E-state index is -1.54. The lowest BCUT2D eigenvalue weighted by Crippen LogP contribution is -2.60. The van der Waals surface area contributed by atoms with Crippen LogP contribution in [-0.2, 0) is 36.8 Å². The quantitative estimate of drug-likeness (QED) is 0.116. The van der Waals surface area contributed by atoms with Crippen LogP contribution in [0.4, 0.5) is 0 Å². The Labute approximate surface area is 242 Å². The highest BCUT2D eigenvalue weighted by atomic mass is 16.4. The third-order valence-corrected chi connectivity index (χ3v) is 6.73. The lowest BCUT2D eigenvalue weighted by Gasteiger charge is -2.26. The van der Waals surface area contributed by atoms with E-state index in [1.165, 1.54) is 6.92 Å². The molecule has 0 saturated heterocycles. The molecule has 0 aliphatic rings. The van der Waals surface area contributed by atoms with Crippen molar-refractivity contribution in [2.24, 2.45) is 11.5 Å². The van der Waals surface area contributed by atoms with Gasteiger partial charge in [-0.3, -0.25) is 19.2 Å². The summed E-state index contributed by atoms with van der Waals surface area (Å²) in [7, 11) is 0. The number of fused-ring (bicyclic) bond motifs is 1. The van der Waals surface area contributed by atoms with E-state index in [2.05, 4.69) is 20.9 Å². The molecule has 5 unspecified atom stereocenters. The molecule has 0 aliphatic carbocycles. The predicted molar refractivity (Wildman–Crippen MR) is 154 cm³/mol. The van der Waals surface area contributed by atoms with Crippen molar-refractivity contribution in [2.75, 3.05) is 0 Å². The Morgan fingerprint density at radius 3 is 2.14 bits per heavy atom. The topological polar surface area (TPSA) is 230 Å². The van der Waals surface area contributed by atoms with Crippen LogP contribution < -0.4 is 27.4 Å². The lowest BCUT2D eigenvalue weighted by atomic mass is 10.0. The van der Waals surface area contributed by atoms with Crippen molar-refractivity contribution in [3.8, 4) is 0 Å². The Morgan fingerprint density at radius 2 is 1.50 bits per heavy atom. The van der Waals surface area contributed by atoms with E-state index in [0.717, 1.165) is 10.9 Å². The molecule has 10 N–H and O–H groups in total. The largest absolute Gasteiger partial charge is 0.480 e. The molecule has 0 bridgehead atoms.